The van der Waals surface area contributed by atoms with E-state index in [-0.39, 0.29) is 11.1 Å². The number of benzene rings is 1. The summed E-state index contributed by atoms with van der Waals surface area (Å²) in [6.45, 7) is 0. The highest BCUT2D eigenvalue weighted by atomic mass is 19.4. The molecule has 1 N–H and O–H groups in total. The van der Waals surface area contributed by atoms with Crippen LogP contribution in [0.3, 0.4) is 0 Å². The van der Waals surface area contributed by atoms with Crippen LogP contribution in [0.4, 0.5) is 17.6 Å². The number of rotatable bonds is 1. The monoisotopic (exact) mass is 261 g/mol. The van der Waals surface area contributed by atoms with E-state index in [4.69, 9.17) is 4.74 Å². The summed E-state index contributed by atoms with van der Waals surface area (Å²) in [7, 11) is 1.24. The summed E-state index contributed by atoms with van der Waals surface area (Å²) in [5, 5.41) is -0.245. The topological polar surface area (TPSA) is 42.1 Å². The summed E-state index contributed by atoms with van der Waals surface area (Å²) < 4.78 is 55.7. The Balaban J connectivity index is 2.90. The number of aromatic amines is 1. The van der Waals surface area contributed by atoms with Crippen molar-refractivity contribution in [2.24, 2.45) is 0 Å². The number of aromatic nitrogens is 1. The summed E-state index contributed by atoms with van der Waals surface area (Å²) in [6.07, 6.45) is -4.75. The van der Waals surface area contributed by atoms with Gasteiger partial charge in [0.1, 0.15) is 17.3 Å². The summed E-state index contributed by atoms with van der Waals surface area (Å²) in [4.78, 5) is 13.5. The van der Waals surface area contributed by atoms with Gasteiger partial charge in [0.25, 0.3) is 0 Å². The molecule has 2 rings (SSSR count). The molecule has 1 aromatic carbocycles. The van der Waals surface area contributed by atoms with E-state index in [0.29, 0.717) is 6.07 Å². The van der Waals surface area contributed by atoms with Crippen LogP contribution in [0.15, 0.2) is 23.0 Å². The van der Waals surface area contributed by atoms with Crippen molar-refractivity contribution in [2.45, 2.75) is 6.18 Å². The van der Waals surface area contributed by atoms with E-state index >= 15 is 0 Å². The van der Waals surface area contributed by atoms with Gasteiger partial charge in [0.15, 0.2) is 5.43 Å². The van der Waals surface area contributed by atoms with E-state index < -0.39 is 28.6 Å². The molecule has 7 heteroatoms. The van der Waals surface area contributed by atoms with E-state index in [1.807, 2.05) is 4.98 Å². The molecule has 0 saturated carbocycles. The fraction of sp³-hybridized carbons (Fsp3) is 0.182. The molecule has 0 aliphatic rings. The van der Waals surface area contributed by atoms with Crippen molar-refractivity contribution in [1.82, 2.24) is 4.98 Å². The molecule has 2 aromatic rings. The fourth-order valence-electron chi connectivity index (χ4n) is 1.62. The zero-order chi connectivity index (χ0) is 13.5. The number of methoxy groups -OCH3 is 1. The van der Waals surface area contributed by atoms with Gasteiger partial charge in [-0.2, -0.15) is 13.2 Å². The zero-order valence-corrected chi connectivity index (χ0v) is 9.06. The second-order valence-corrected chi connectivity index (χ2v) is 3.54. The lowest BCUT2D eigenvalue weighted by Crippen LogP contribution is -2.15. The minimum Gasteiger partial charge on any atom is -0.496 e. The summed E-state index contributed by atoms with van der Waals surface area (Å²) in [5.74, 6) is -0.935. The molecule has 3 nitrogen and oxygen atoms in total. The summed E-state index contributed by atoms with van der Waals surface area (Å²) >= 11 is 0. The van der Waals surface area contributed by atoms with Crippen LogP contribution in [0, 0.1) is 5.82 Å². The van der Waals surface area contributed by atoms with Gasteiger partial charge in [-0.25, -0.2) is 4.39 Å². The van der Waals surface area contributed by atoms with E-state index in [2.05, 4.69) is 0 Å². The first-order valence-corrected chi connectivity index (χ1v) is 4.81. The molecule has 0 radical (unpaired) electrons. The molecule has 0 bridgehead atoms. The molecule has 0 unspecified atom stereocenters. The van der Waals surface area contributed by atoms with Crippen molar-refractivity contribution in [2.75, 3.05) is 7.11 Å². The predicted molar refractivity (Wildman–Crippen MR) is 56.1 cm³/mol. The number of fused-ring (bicyclic) bond motifs is 1. The molecule has 0 aliphatic heterocycles. The van der Waals surface area contributed by atoms with Crippen LogP contribution >= 0.6 is 0 Å². The average Bonchev–Trinajstić information content (AvgIpc) is 2.29. The molecule has 96 valence electrons. The highest BCUT2D eigenvalue weighted by Gasteiger charge is 2.33. The normalized spacial score (nSPS) is 11.8. The highest BCUT2D eigenvalue weighted by molar-refractivity contribution is 5.85. The number of hydrogen-bond donors (Lipinski definition) is 1. The van der Waals surface area contributed by atoms with Crippen molar-refractivity contribution in [3.63, 3.8) is 0 Å². The fourth-order valence-corrected chi connectivity index (χ4v) is 1.62. The molecule has 0 amide bonds. The van der Waals surface area contributed by atoms with Crippen molar-refractivity contribution < 1.29 is 22.3 Å². The standard InChI is InChI=1S/C11H7F4NO2/c1-18-7-3-2-5(12)10-9(7)6(17)4-8(16-10)11(13,14)15/h2-4H,1H3,(H,16,17). The maximum atomic E-state index is 13.5. The minimum atomic E-state index is -4.75. The van der Waals surface area contributed by atoms with E-state index in [1.165, 1.54) is 13.2 Å². The second-order valence-electron chi connectivity index (χ2n) is 3.54. The van der Waals surface area contributed by atoms with Gasteiger partial charge >= 0.3 is 6.18 Å². The van der Waals surface area contributed by atoms with Crippen LogP contribution in [0.5, 0.6) is 5.75 Å². The lowest BCUT2D eigenvalue weighted by atomic mass is 10.1. The maximum Gasteiger partial charge on any atom is 0.431 e. The SMILES string of the molecule is COc1ccc(F)c2[nH]c(C(F)(F)F)cc(=O)c12. The van der Waals surface area contributed by atoms with Gasteiger partial charge in [0, 0.05) is 6.07 Å². The van der Waals surface area contributed by atoms with Gasteiger partial charge in [0.2, 0.25) is 0 Å². The first-order chi connectivity index (χ1) is 8.34. The Morgan fingerprint density at radius 1 is 1.28 bits per heavy atom. The van der Waals surface area contributed by atoms with Gasteiger partial charge in [-0.1, -0.05) is 0 Å². The third-order valence-corrected chi connectivity index (χ3v) is 2.42. The number of nitrogens with one attached hydrogen (secondary N) is 1. The van der Waals surface area contributed by atoms with Crippen LogP contribution in [0.25, 0.3) is 10.9 Å². The minimum absolute atomic E-state index is 0.0152. The third kappa shape index (κ3) is 1.92. The molecule has 0 saturated heterocycles. The van der Waals surface area contributed by atoms with Crippen LogP contribution in [-0.2, 0) is 6.18 Å². The van der Waals surface area contributed by atoms with Gasteiger partial charge in [-0.3, -0.25) is 4.79 Å². The van der Waals surface area contributed by atoms with Crippen molar-refractivity contribution in [3.8, 4) is 5.75 Å². The van der Waals surface area contributed by atoms with E-state index in [9.17, 15) is 22.4 Å². The lowest BCUT2D eigenvalue weighted by molar-refractivity contribution is -0.141. The van der Waals surface area contributed by atoms with E-state index in [1.54, 1.807) is 0 Å². The summed E-state index contributed by atoms with van der Waals surface area (Å²) in [6, 6.07) is 2.49. The first-order valence-electron chi connectivity index (χ1n) is 4.81. The largest absolute Gasteiger partial charge is 0.496 e. The molecule has 1 aromatic heterocycles. The van der Waals surface area contributed by atoms with Gasteiger partial charge in [0.05, 0.1) is 18.0 Å². The molecule has 0 aliphatic carbocycles. The Morgan fingerprint density at radius 3 is 2.50 bits per heavy atom. The number of pyridine rings is 1. The first kappa shape index (κ1) is 12.4. The van der Waals surface area contributed by atoms with Crippen molar-refractivity contribution >= 4 is 10.9 Å². The smallest absolute Gasteiger partial charge is 0.431 e. The molecule has 0 spiro atoms. The van der Waals surface area contributed by atoms with Gasteiger partial charge in [-0.15, -0.1) is 0 Å². The van der Waals surface area contributed by atoms with Crippen molar-refractivity contribution in [1.29, 1.82) is 0 Å². The number of hydrogen-bond acceptors (Lipinski definition) is 2. The van der Waals surface area contributed by atoms with Gasteiger partial charge in [-0.05, 0) is 12.1 Å². The quantitative estimate of drug-likeness (QED) is 0.802. The molecular formula is C11H7F4NO2. The third-order valence-electron chi connectivity index (χ3n) is 2.42. The Bertz CT molecular complexity index is 660. The zero-order valence-electron chi connectivity index (χ0n) is 9.06. The molecule has 0 atom stereocenters. The number of alkyl halides is 3. The van der Waals surface area contributed by atoms with Crippen LogP contribution in [0.2, 0.25) is 0 Å². The number of halogens is 4. The van der Waals surface area contributed by atoms with Crippen molar-refractivity contribution in [3.05, 3.63) is 39.9 Å². The molecular weight excluding hydrogens is 254 g/mol. The highest BCUT2D eigenvalue weighted by Crippen LogP contribution is 2.30. The van der Waals surface area contributed by atoms with E-state index in [0.717, 1.165) is 6.07 Å². The Morgan fingerprint density at radius 2 is 1.94 bits per heavy atom. The maximum absolute atomic E-state index is 13.5. The van der Waals surface area contributed by atoms with Crippen LogP contribution in [0.1, 0.15) is 5.69 Å². The number of ether oxygens (including phenoxy) is 1. The van der Waals surface area contributed by atoms with Crippen LogP contribution < -0.4 is 10.2 Å². The second kappa shape index (κ2) is 4.01. The molecule has 1 heterocycles. The lowest BCUT2D eigenvalue weighted by Gasteiger charge is -2.10. The average molecular weight is 261 g/mol. The Hall–Kier alpha value is -2.05. The molecule has 0 fully saturated rings. The molecule has 18 heavy (non-hydrogen) atoms. The number of H-pyrrole nitrogens is 1. The Labute approximate surface area is 98.0 Å². The van der Waals surface area contributed by atoms with Gasteiger partial charge < -0.3 is 9.72 Å². The Kier molecular flexibility index (Phi) is 2.76. The predicted octanol–water partition coefficient (Wildman–Crippen LogP) is 2.69. The van der Waals surface area contributed by atoms with Crippen LogP contribution in [-0.4, -0.2) is 12.1 Å². The summed E-state index contributed by atoms with van der Waals surface area (Å²) in [5.41, 5.74) is -2.77.